The fourth-order valence-corrected chi connectivity index (χ4v) is 2.88. The van der Waals surface area contributed by atoms with Crippen LogP contribution in [0, 0.1) is 27.2 Å². The molecule has 0 aromatic heterocycles. The van der Waals surface area contributed by atoms with Crippen molar-refractivity contribution in [2.24, 2.45) is 5.10 Å². The van der Waals surface area contributed by atoms with Crippen molar-refractivity contribution in [2.45, 2.75) is 6.92 Å². The first-order valence-electron chi connectivity index (χ1n) is 10.1. The number of hydrazone groups is 1. The average Bonchev–Trinajstić information content (AvgIpc) is 2.83. The van der Waals surface area contributed by atoms with E-state index in [4.69, 9.17) is 14.2 Å². The molecule has 3 aromatic carbocycles. The molecule has 0 aliphatic carbocycles. The summed E-state index contributed by atoms with van der Waals surface area (Å²) in [6, 6.07) is 16.1. The van der Waals surface area contributed by atoms with Gasteiger partial charge in [-0.25, -0.2) is 0 Å². The number of hydrogen-bond donors (Lipinski definition) is 1. The van der Waals surface area contributed by atoms with Crippen LogP contribution in [0.4, 0.5) is 17.1 Å². The van der Waals surface area contributed by atoms with Gasteiger partial charge >= 0.3 is 5.69 Å². The van der Waals surface area contributed by atoms with Gasteiger partial charge in [-0.15, -0.1) is 0 Å². The van der Waals surface area contributed by atoms with E-state index >= 15 is 0 Å². The number of hydrogen-bond acceptors (Lipinski definition) is 9. The molecule has 0 amide bonds. The van der Waals surface area contributed by atoms with Gasteiger partial charge in [-0.3, -0.25) is 25.7 Å². The van der Waals surface area contributed by atoms with E-state index in [-0.39, 0.29) is 11.4 Å². The van der Waals surface area contributed by atoms with Gasteiger partial charge in [0.05, 0.1) is 29.2 Å². The minimum absolute atomic E-state index is 0.0207. The number of nitrogens with zero attached hydrogens (tertiary/aromatic N) is 3. The Morgan fingerprint density at radius 3 is 2.32 bits per heavy atom. The summed E-state index contributed by atoms with van der Waals surface area (Å²) >= 11 is 0. The Hall–Kier alpha value is -4.67. The summed E-state index contributed by atoms with van der Waals surface area (Å²) in [4.78, 5) is 20.6. The second-order valence-electron chi connectivity index (χ2n) is 7.01. The number of nitro benzene ring substituents is 2. The largest absolute Gasteiger partial charge is 0.493 e. The highest BCUT2D eigenvalue weighted by molar-refractivity contribution is 5.82. The van der Waals surface area contributed by atoms with Crippen molar-refractivity contribution in [2.75, 3.05) is 25.7 Å². The van der Waals surface area contributed by atoms with Gasteiger partial charge in [-0.1, -0.05) is 17.7 Å². The van der Waals surface area contributed by atoms with E-state index in [1.54, 1.807) is 18.2 Å². The molecule has 3 rings (SSSR count). The molecule has 11 heteroatoms. The van der Waals surface area contributed by atoms with Crippen molar-refractivity contribution in [3.8, 4) is 17.2 Å². The summed E-state index contributed by atoms with van der Waals surface area (Å²) in [5.74, 6) is 1.75. The molecule has 0 heterocycles. The summed E-state index contributed by atoms with van der Waals surface area (Å²) in [6.45, 7) is 2.67. The summed E-state index contributed by atoms with van der Waals surface area (Å²) < 4.78 is 16.7. The Balaban J connectivity index is 1.60. The number of benzene rings is 3. The van der Waals surface area contributed by atoms with Crippen molar-refractivity contribution in [3.05, 3.63) is 92.0 Å². The smallest absolute Gasteiger partial charge is 0.301 e. The maximum Gasteiger partial charge on any atom is 0.301 e. The summed E-state index contributed by atoms with van der Waals surface area (Å²) in [6.07, 6.45) is 1.43. The van der Waals surface area contributed by atoms with Crippen molar-refractivity contribution >= 4 is 23.3 Å². The molecule has 0 bridgehead atoms. The van der Waals surface area contributed by atoms with Crippen LogP contribution in [0.3, 0.4) is 0 Å². The monoisotopic (exact) mass is 466 g/mol. The molecule has 0 radical (unpaired) electrons. The third kappa shape index (κ3) is 6.42. The van der Waals surface area contributed by atoms with Crippen molar-refractivity contribution in [1.82, 2.24) is 0 Å². The lowest BCUT2D eigenvalue weighted by Gasteiger charge is -2.12. The van der Waals surface area contributed by atoms with Gasteiger partial charge in [-0.2, -0.15) is 5.10 Å². The number of aryl methyl sites for hydroxylation is 1. The molecular weight excluding hydrogens is 444 g/mol. The van der Waals surface area contributed by atoms with Crippen LogP contribution >= 0.6 is 0 Å². The predicted octanol–water partition coefficient (Wildman–Crippen LogP) is 4.72. The van der Waals surface area contributed by atoms with Crippen LogP contribution in [0.15, 0.2) is 65.8 Å². The minimum Gasteiger partial charge on any atom is -0.493 e. The third-order valence-electron chi connectivity index (χ3n) is 4.61. The quantitative estimate of drug-likeness (QED) is 0.185. The highest BCUT2D eigenvalue weighted by Crippen LogP contribution is 2.30. The van der Waals surface area contributed by atoms with Crippen molar-refractivity contribution in [1.29, 1.82) is 0 Å². The SMILES string of the molecule is COc1cc(/C=N/Nc2ccc([N+](=O)[O-])cc2[N+](=O)[O-])ccc1OCCOc1ccc(C)cc1. The van der Waals surface area contributed by atoms with Crippen LogP contribution in [0.5, 0.6) is 17.2 Å². The fourth-order valence-electron chi connectivity index (χ4n) is 2.88. The minimum atomic E-state index is -0.720. The average molecular weight is 466 g/mol. The third-order valence-corrected chi connectivity index (χ3v) is 4.61. The first kappa shape index (κ1) is 24.0. The van der Waals surface area contributed by atoms with Crippen LogP contribution in [0.1, 0.15) is 11.1 Å². The summed E-state index contributed by atoms with van der Waals surface area (Å²) in [5.41, 5.74) is 3.51. The van der Waals surface area contributed by atoms with E-state index < -0.39 is 15.5 Å². The Bertz CT molecular complexity index is 1200. The second-order valence-corrected chi connectivity index (χ2v) is 7.01. The molecule has 0 saturated carbocycles. The van der Waals surface area contributed by atoms with E-state index in [2.05, 4.69) is 10.5 Å². The van der Waals surface area contributed by atoms with Crippen molar-refractivity contribution in [3.63, 3.8) is 0 Å². The second kappa shape index (κ2) is 11.3. The molecule has 11 nitrogen and oxygen atoms in total. The van der Waals surface area contributed by atoms with E-state index in [0.29, 0.717) is 30.3 Å². The maximum atomic E-state index is 11.2. The Morgan fingerprint density at radius 2 is 1.65 bits per heavy atom. The first-order chi connectivity index (χ1) is 16.4. The van der Waals surface area contributed by atoms with Crippen LogP contribution in [-0.4, -0.2) is 36.4 Å². The van der Waals surface area contributed by atoms with Crippen LogP contribution < -0.4 is 19.6 Å². The molecular formula is C23H22N4O7. The highest BCUT2D eigenvalue weighted by atomic mass is 16.6. The van der Waals surface area contributed by atoms with E-state index in [9.17, 15) is 20.2 Å². The molecule has 0 unspecified atom stereocenters. The van der Waals surface area contributed by atoms with Crippen molar-refractivity contribution < 1.29 is 24.1 Å². The normalized spacial score (nSPS) is 10.6. The summed E-state index contributed by atoms with van der Waals surface area (Å²) in [7, 11) is 1.50. The number of rotatable bonds is 11. The number of non-ortho nitro benzene ring substituents is 1. The van der Waals surface area contributed by atoms with Crippen LogP contribution in [0.2, 0.25) is 0 Å². The lowest BCUT2D eigenvalue weighted by atomic mass is 10.2. The van der Waals surface area contributed by atoms with Gasteiger partial charge in [0.15, 0.2) is 11.5 Å². The molecule has 34 heavy (non-hydrogen) atoms. The molecule has 0 fully saturated rings. The molecule has 0 aliphatic heterocycles. The Morgan fingerprint density at radius 1 is 0.912 bits per heavy atom. The van der Waals surface area contributed by atoms with Gasteiger partial charge in [0.25, 0.3) is 5.69 Å². The standard InChI is InChI=1S/C23H22N4O7/c1-16-3-7-19(8-4-16)33-11-12-34-22-10-5-17(13-23(22)32-2)15-24-25-20-9-6-18(26(28)29)14-21(20)27(30)31/h3-10,13-15,25H,11-12H2,1-2H3/b24-15+. The maximum absolute atomic E-state index is 11.2. The molecule has 3 aromatic rings. The summed E-state index contributed by atoms with van der Waals surface area (Å²) in [5, 5.41) is 26.0. The predicted molar refractivity (Wildman–Crippen MR) is 126 cm³/mol. The topological polar surface area (TPSA) is 138 Å². The number of ether oxygens (including phenoxy) is 3. The van der Waals surface area contributed by atoms with Crippen LogP contribution in [0.25, 0.3) is 0 Å². The van der Waals surface area contributed by atoms with Gasteiger partial charge < -0.3 is 14.2 Å². The lowest BCUT2D eigenvalue weighted by Crippen LogP contribution is -2.09. The Labute approximate surface area is 194 Å². The Kier molecular flexibility index (Phi) is 7.95. The zero-order valence-corrected chi connectivity index (χ0v) is 18.5. The molecule has 1 N–H and O–H groups in total. The fraction of sp³-hybridized carbons (Fsp3) is 0.174. The lowest BCUT2D eigenvalue weighted by molar-refractivity contribution is -0.393. The van der Waals surface area contributed by atoms with E-state index in [1.807, 2.05) is 31.2 Å². The molecule has 0 aliphatic rings. The van der Waals surface area contributed by atoms with Gasteiger partial charge in [0.2, 0.25) is 0 Å². The van der Waals surface area contributed by atoms with E-state index in [1.165, 1.54) is 19.4 Å². The number of methoxy groups -OCH3 is 1. The molecule has 0 atom stereocenters. The molecule has 0 spiro atoms. The zero-order chi connectivity index (χ0) is 24.5. The van der Waals surface area contributed by atoms with Crippen LogP contribution in [-0.2, 0) is 0 Å². The van der Waals surface area contributed by atoms with Gasteiger partial charge in [0.1, 0.15) is 24.7 Å². The first-order valence-corrected chi connectivity index (χ1v) is 10.1. The van der Waals surface area contributed by atoms with E-state index in [0.717, 1.165) is 23.4 Å². The molecule has 0 saturated heterocycles. The van der Waals surface area contributed by atoms with Gasteiger partial charge in [-0.05, 0) is 48.9 Å². The highest BCUT2D eigenvalue weighted by Gasteiger charge is 2.19. The zero-order valence-electron chi connectivity index (χ0n) is 18.5. The number of anilines is 1. The number of nitrogens with one attached hydrogen (secondary N) is 1. The molecule has 176 valence electrons. The number of nitro groups is 2. The van der Waals surface area contributed by atoms with Gasteiger partial charge in [0, 0.05) is 6.07 Å².